The third kappa shape index (κ3) is 3.59. The number of benzene rings is 2. The molecular weight excluding hydrogens is 412 g/mol. The van der Waals surface area contributed by atoms with Crippen molar-refractivity contribution >= 4 is 27.6 Å². The fourth-order valence-corrected chi connectivity index (χ4v) is 6.71. The summed E-state index contributed by atoms with van der Waals surface area (Å²) >= 11 is 3.58. The van der Waals surface area contributed by atoms with Gasteiger partial charge in [0.15, 0.2) is 0 Å². The van der Waals surface area contributed by atoms with Gasteiger partial charge in [-0.3, -0.25) is 0 Å². The molecule has 0 spiro atoms. The van der Waals surface area contributed by atoms with Crippen LogP contribution in [-0.2, 0) is 6.54 Å². The minimum Gasteiger partial charge on any atom is -0.317 e. The molecule has 28 heavy (non-hydrogen) atoms. The van der Waals surface area contributed by atoms with Crippen LogP contribution in [0.3, 0.4) is 0 Å². The number of anilines is 1. The monoisotopic (exact) mass is 438 g/mol. The second-order valence-electron chi connectivity index (χ2n) is 8.98. The Bertz CT molecular complexity index is 825. The van der Waals surface area contributed by atoms with Gasteiger partial charge in [-0.05, 0) is 85.6 Å². The van der Waals surface area contributed by atoms with Crippen LogP contribution in [0, 0.1) is 23.7 Å². The van der Waals surface area contributed by atoms with Gasteiger partial charge in [0.1, 0.15) is 0 Å². The van der Waals surface area contributed by atoms with Crippen molar-refractivity contribution in [3.05, 3.63) is 64.6 Å². The Morgan fingerprint density at radius 3 is 2.25 bits per heavy atom. The molecule has 6 rings (SSSR count). The maximum absolute atomic E-state index is 13.4. The standard InChI is InChI=1S/C24H27BrN2O/c25-21-6-4-5-16(14-21)15-27(24(28)26-22-7-2-1-3-8-22)23-19-10-17-9-18(12-19)13-20(23)11-17/h1-8,14,17-20,23H,9-13,15H2,(H,26,28). The fraction of sp³-hybridized carbons (Fsp3) is 0.458. The van der Waals surface area contributed by atoms with Crippen LogP contribution in [0.25, 0.3) is 0 Å². The molecule has 2 amide bonds. The predicted octanol–water partition coefficient (Wildman–Crippen LogP) is 6.31. The van der Waals surface area contributed by atoms with Crippen molar-refractivity contribution in [2.45, 2.75) is 44.7 Å². The summed E-state index contributed by atoms with van der Waals surface area (Å²) in [5.74, 6) is 3.15. The summed E-state index contributed by atoms with van der Waals surface area (Å²) in [6.45, 7) is 0.672. The van der Waals surface area contributed by atoms with Gasteiger partial charge >= 0.3 is 6.03 Å². The number of para-hydroxylation sites is 1. The summed E-state index contributed by atoms with van der Waals surface area (Å²) in [6.07, 6.45) is 6.68. The summed E-state index contributed by atoms with van der Waals surface area (Å²) in [5, 5.41) is 3.16. The van der Waals surface area contributed by atoms with Crippen molar-refractivity contribution in [2.75, 3.05) is 5.32 Å². The maximum Gasteiger partial charge on any atom is 0.322 e. The molecule has 4 aliphatic rings. The number of carbonyl (C=O) groups excluding carboxylic acids is 1. The Balaban J connectivity index is 1.43. The van der Waals surface area contributed by atoms with Gasteiger partial charge in [-0.2, -0.15) is 0 Å². The lowest BCUT2D eigenvalue weighted by Crippen LogP contribution is -2.57. The molecule has 0 aromatic heterocycles. The molecule has 4 bridgehead atoms. The van der Waals surface area contributed by atoms with Gasteiger partial charge in [-0.15, -0.1) is 0 Å². The van der Waals surface area contributed by atoms with Gasteiger partial charge in [0, 0.05) is 22.7 Å². The second-order valence-corrected chi connectivity index (χ2v) is 9.89. The van der Waals surface area contributed by atoms with E-state index in [4.69, 9.17) is 0 Å². The predicted molar refractivity (Wildman–Crippen MR) is 116 cm³/mol. The lowest BCUT2D eigenvalue weighted by molar-refractivity contribution is -0.0518. The summed E-state index contributed by atoms with van der Waals surface area (Å²) in [4.78, 5) is 15.6. The number of halogens is 1. The smallest absolute Gasteiger partial charge is 0.317 e. The molecule has 0 unspecified atom stereocenters. The van der Waals surface area contributed by atoms with E-state index in [0.717, 1.165) is 22.0 Å². The minimum absolute atomic E-state index is 0.0450. The van der Waals surface area contributed by atoms with Crippen molar-refractivity contribution < 1.29 is 4.79 Å². The van der Waals surface area contributed by atoms with Crippen molar-refractivity contribution in [3.8, 4) is 0 Å². The Hall–Kier alpha value is -1.81. The molecule has 1 N–H and O–H groups in total. The van der Waals surface area contributed by atoms with Crippen LogP contribution in [0.15, 0.2) is 59.1 Å². The Labute approximate surface area is 175 Å². The SMILES string of the molecule is O=C(Nc1ccccc1)N(Cc1cccc(Br)c1)C1C2CC3CC(C2)CC1C3. The number of urea groups is 1. The molecule has 2 aromatic carbocycles. The van der Waals surface area contributed by atoms with Crippen LogP contribution in [0.4, 0.5) is 10.5 Å². The molecule has 4 fully saturated rings. The molecule has 0 radical (unpaired) electrons. The maximum atomic E-state index is 13.4. The molecule has 4 aliphatic carbocycles. The molecule has 0 aliphatic heterocycles. The largest absolute Gasteiger partial charge is 0.322 e. The fourth-order valence-electron chi connectivity index (χ4n) is 6.27. The lowest BCUT2D eigenvalue weighted by Gasteiger charge is -2.57. The van der Waals surface area contributed by atoms with Gasteiger partial charge in [0.05, 0.1) is 0 Å². The Kier molecular flexibility index (Phi) is 4.92. The quantitative estimate of drug-likeness (QED) is 0.595. The van der Waals surface area contributed by atoms with Gasteiger partial charge in [-0.25, -0.2) is 4.79 Å². The highest BCUT2D eigenvalue weighted by Gasteiger charge is 2.51. The summed E-state index contributed by atoms with van der Waals surface area (Å²) < 4.78 is 1.07. The lowest BCUT2D eigenvalue weighted by atomic mass is 9.54. The number of rotatable bonds is 4. The molecular formula is C24H27BrN2O. The molecule has 4 saturated carbocycles. The average Bonchev–Trinajstić information content (AvgIpc) is 2.67. The van der Waals surface area contributed by atoms with E-state index in [1.54, 1.807) is 0 Å². The summed E-state index contributed by atoms with van der Waals surface area (Å²) in [6, 6.07) is 18.6. The first-order valence-electron chi connectivity index (χ1n) is 10.5. The van der Waals surface area contributed by atoms with Crippen molar-refractivity contribution in [1.82, 2.24) is 4.90 Å². The Morgan fingerprint density at radius 1 is 0.929 bits per heavy atom. The molecule has 0 saturated heterocycles. The van der Waals surface area contributed by atoms with Crippen LogP contribution in [0.1, 0.15) is 37.7 Å². The van der Waals surface area contributed by atoms with E-state index in [9.17, 15) is 4.79 Å². The van der Waals surface area contributed by atoms with Crippen molar-refractivity contribution in [3.63, 3.8) is 0 Å². The van der Waals surface area contributed by atoms with E-state index < -0.39 is 0 Å². The van der Waals surface area contributed by atoms with Crippen LogP contribution in [0.2, 0.25) is 0 Å². The zero-order valence-electron chi connectivity index (χ0n) is 16.1. The summed E-state index contributed by atoms with van der Waals surface area (Å²) in [7, 11) is 0. The van der Waals surface area contributed by atoms with Gasteiger partial charge in [0.2, 0.25) is 0 Å². The number of nitrogens with zero attached hydrogens (tertiary/aromatic N) is 1. The first kappa shape index (κ1) is 18.2. The molecule has 146 valence electrons. The third-order valence-corrected chi connectivity index (χ3v) is 7.56. The number of carbonyl (C=O) groups is 1. The van der Waals surface area contributed by atoms with Gasteiger partial charge < -0.3 is 10.2 Å². The number of hydrogen-bond acceptors (Lipinski definition) is 1. The van der Waals surface area contributed by atoms with Crippen molar-refractivity contribution in [1.29, 1.82) is 0 Å². The Morgan fingerprint density at radius 2 is 1.61 bits per heavy atom. The average molecular weight is 439 g/mol. The van der Waals surface area contributed by atoms with Crippen LogP contribution in [-0.4, -0.2) is 17.0 Å². The van der Waals surface area contributed by atoms with Gasteiger partial charge in [-0.1, -0.05) is 46.3 Å². The van der Waals surface area contributed by atoms with Crippen molar-refractivity contribution in [2.24, 2.45) is 23.7 Å². The van der Waals surface area contributed by atoms with Gasteiger partial charge in [0.25, 0.3) is 0 Å². The topological polar surface area (TPSA) is 32.3 Å². The van der Waals surface area contributed by atoms with E-state index in [0.29, 0.717) is 24.4 Å². The highest BCUT2D eigenvalue weighted by Crippen LogP contribution is 2.55. The molecule has 0 heterocycles. The highest BCUT2D eigenvalue weighted by atomic mass is 79.9. The molecule has 3 nitrogen and oxygen atoms in total. The highest BCUT2D eigenvalue weighted by molar-refractivity contribution is 9.10. The van der Waals surface area contributed by atoms with E-state index in [1.165, 1.54) is 37.7 Å². The van der Waals surface area contributed by atoms with Crippen LogP contribution < -0.4 is 5.32 Å². The molecule has 0 atom stereocenters. The number of hydrogen-bond donors (Lipinski definition) is 1. The van der Waals surface area contributed by atoms with Crippen LogP contribution in [0.5, 0.6) is 0 Å². The number of nitrogens with one attached hydrogen (secondary N) is 1. The van der Waals surface area contributed by atoms with E-state index in [2.05, 4.69) is 44.3 Å². The van der Waals surface area contributed by atoms with E-state index in [1.807, 2.05) is 36.4 Å². The molecule has 2 aromatic rings. The second kappa shape index (κ2) is 7.55. The van der Waals surface area contributed by atoms with Crippen LogP contribution >= 0.6 is 15.9 Å². The molecule has 4 heteroatoms. The minimum atomic E-state index is 0.0450. The third-order valence-electron chi connectivity index (χ3n) is 7.06. The first-order chi connectivity index (χ1) is 13.7. The van der Waals surface area contributed by atoms with E-state index >= 15 is 0 Å². The first-order valence-corrected chi connectivity index (χ1v) is 11.3. The normalized spacial score (nSPS) is 30.2. The number of amides is 2. The zero-order valence-corrected chi connectivity index (χ0v) is 17.6. The summed E-state index contributed by atoms with van der Waals surface area (Å²) in [5.41, 5.74) is 2.06. The van der Waals surface area contributed by atoms with E-state index in [-0.39, 0.29) is 6.03 Å². The zero-order chi connectivity index (χ0) is 19.1.